The Morgan fingerprint density at radius 1 is 1.50 bits per heavy atom. The lowest BCUT2D eigenvalue weighted by molar-refractivity contribution is 0.104. The van der Waals surface area contributed by atoms with Crippen molar-refractivity contribution in [3.05, 3.63) is 53.6 Å². The van der Waals surface area contributed by atoms with Crippen molar-refractivity contribution >= 4 is 11.9 Å². The van der Waals surface area contributed by atoms with E-state index in [2.05, 4.69) is 10.1 Å². The van der Waals surface area contributed by atoms with Crippen LogP contribution in [0, 0.1) is 6.92 Å². The minimum atomic E-state index is -0.0493. The predicted octanol–water partition coefficient (Wildman–Crippen LogP) is 2.50. The molecule has 0 fully saturated rings. The highest BCUT2D eigenvalue weighted by Gasteiger charge is 2.03. The largest absolute Gasteiger partial charge is 0.289 e. The van der Waals surface area contributed by atoms with Gasteiger partial charge in [0.15, 0.2) is 5.78 Å². The number of hydrogen-bond acceptors (Lipinski definition) is 3. The number of allylic oxidation sites excluding steroid dienone is 1. The zero-order valence-electron chi connectivity index (χ0n) is 10.5. The molecular formula is C14H15N3O. The Hall–Kier alpha value is -2.23. The third-order valence-electron chi connectivity index (χ3n) is 2.67. The average molecular weight is 241 g/mol. The first kappa shape index (κ1) is 12.2. The van der Waals surface area contributed by atoms with Gasteiger partial charge in [0, 0.05) is 36.3 Å². The normalized spacial score (nSPS) is 11.0. The molecule has 0 aliphatic carbocycles. The molecule has 4 heteroatoms. The van der Waals surface area contributed by atoms with Gasteiger partial charge in [0.1, 0.15) is 0 Å². The van der Waals surface area contributed by atoms with Crippen molar-refractivity contribution in [3.63, 3.8) is 0 Å². The van der Waals surface area contributed by atoms with Crippen molar-refractivity contribution < 1.29 is 4.79 Å². The first-order valence-electron chi connectivity index (χ1n) is 5.87. The van der Waals surface area contributed by atoms with E-state index >= 15 is 0 Å². The summed E-state index contributed by atoms with van der Waals surface area (Å²) in [6, 6.07) is 3.50. The number of carbonyl (C=O) groups is 1. The Bertz CT molecular complexity index is 570. The molecular weight excluding hydrogens is 226 g/mol. The van der Waals surface area contributed by atoms with Crippen LogP contribution in [0.2, 0.25) is 0 Å². The molecule has 0 aliphatic rings. The van der Waals surface area contributed by atoms with Crippen molar-refractivity contribution in [2.45, 2.75) is 20.4 Å². The Morgan fingerprint density at radius 3 is 2.94 bits per heavy atom. The van der Waals surface area contributed by atoms with E-state index in [1.165, 1.54) is 0 Å². The lowest BCUT2D eigenvalue weighted by Crippen LogP contribution is -1.94. The van der Waals surface area contributed by atoms with Gasteiger partial charge in [0.25, 0.3) is 0 Å². The number of rotatable bonds is 4. The number of aryl methyl sites for hydroxylation is 2. The summed E-state index contributed by atoms with van der Waals surface area (Å²) < 4.78 is 1.85. The third kappa shape index (κ3) is 2.71. The highest BCUT2D eigenvalue weighted by molar-refractivity contribution is 6.06. The maximum Gasteiger partial charge on any atom is 0.187 e. The second-order valence-electron chi connectivity index (χ2n) is 3.96. The topological polar surface area (TPSA) is 47.8 Å². The van der Waals surface area contributed by atoms with Crippen LogP contribution >= 0.6 is 0 Å². The van der Waals surface area contributed by atoms with Crippen LogP contribution in [0.4, 0.5) is 0 Å². The van der Waals surface area contributed by atoms with Crippen molar-refractivity contribution in [3.8, 4) is 0 Å². The summed E-state index contributed by atoms with van der Waals surface area (Å²) in [4.78, 5) is 15.8. The molecule has 0 unspecified atom stereocenters. The first-order valence-corrected chi connectivity index (χ1v) is 5.87. The highest BCUT2D eigenvalue weighted by Crippen LogP contribution is 2.09. The molecule has 18 heavy (non-hydrogen) atoms. The van der Waals surface area contributed by atoms with Crippen LogP contribution in [0.15, 0.2) is 36.8 Å². The van der Waals surface area contributed by atoms with Gasteiger partial charge >= 0.3 is 0 Å². The van der Waals surface area contributed by atoms with Gasteiger partial charge in [-0.05, 0) is 38.1 Å². The van der Waals surface area contributed by atoms with Gasteiger partial charge in [-0.3, -0.25) is 14.5 Å². The highest BCUT2D eigenvalue weighted by atomic mass is 16.1. The van der Waals surface area contributed by atoms with E-state index in [0.717, 1.165) is 17.8 Å². The van der Waals surface area contributed by atoms with E-state index in [-0.39, 0.29) is 5.78 Å². The number of hydrogen-bond donors (Lipinski definition) is 0. The van der Waals surface area contributed by atoms with E-state index in [0.29, 0.717) is 5.56 Å². The van der Waals surface area contributed by atoms with Crippen LogP contribution in [0.3, 0.4) is 0 Å². The molecule has 0 bridgehead atoms. The Kier molecular flexibility index (Phi) is 3.67. The molecule has 0 aromatic carbocycles. The second kappa shape index (κ2) is 5.40. The van der Waals surface area contributed by atoms with Gasteiger partial charge < -0.3 is 0 Å². The van der Waals surface area contributed by atoms with E-state index in [1.807, 2.05) is 24.7 Å². The molecule has 2 aromatic rings. The fourth-order valence-electron chi connectivity index (χ4n) is 1.63. The summed E-state index contributed by atoms with van der Waals surface area (Å²) in [7, 11) is 0. The summed E-state index contributed by atoms with van der Waals surface area (Å²) >= 11 is 0. The van der Waals surface area contributed by atoms with Gasteiger partial charge in [-0.1, -0.05) is 0 Å². The Labute approximate surface area is 106 Å². The lowest BCUT2D eigenvalue weighted by atomic mass is 10.1. The minimum Gasteiger partial charge on any atom is -0.289 e. The molecule has 92 valence electrons. The molecule has 2 aromatic heterocycles. The number of carbonyl (C=O) groups excluding carboxylic acids is 1. The molecule has 0 spiro atoms. The van der Waals surface area contributed by atoms with Gasteiger partial charge in [-0.2, -0.15) is 5.10 Å². The first-order chi connectivity index (χ1) is 8.70. The zero-order valence-corrected chi connectivity index (χ0v) is 10.5. The second-order valence-corrected chi connectivity index (χ2v) is 3.96. The standard InChI is InChI=1S/C14H15N3O/c1-3-17-10-13(11(2)16-17)6-7-14(18)12-5-4-8-15-9-12/h4-10H,3H2,1-2H3/b7-6+. The van der Waals surface area contributed by atoms with E-state index in [4.69, 9.17) is 0 Å². The fourth-order valence-corrected chi connectivity index (χ4v) is 1.63. The maximum absolute atomic E-state index is 11.9. The van der Waals surface area contributed by atoms with Gasteiger partial charge in [0.2, 0.25) is 0 Å². The number of aromatic nitrogens is 3. The third-order valence-corrected chi connectivity index (χ3v) is 2.67. The van der Waals surface area contributed by atoms with Crippen molar-refractivity contribution in [2.24, 2.45) is 0 Å². The van der Waals surface area contributed by atoms with Crippen LogP contribution in [0.1, 0.15) is 28.5 Å². The Balaban J connectivity index is 2.16. The summed E-state index contributed by atoms with van der Waals surface area (Å²) in [5, 5.41) is 4.32. The van der Waals surface area contributed by atoms with Crippen molar-refractivity contribution in [1.82, 2.24) is 14.8 Å². The molecule has 0 radical (unpaired) electrons. The van der Waals surface area contributed by atoms with Crippen molar-refractivity contribution in [2.75, 3.05) is 0 Å². The summed E-state index contributed by atoms with van der Waals surface area (Å²) in [5.41, 5.74) is 2.48. The van der Waals surface area contributed by atoms with Gasteiger partial charge in [-0.15, -0.1) is 0 Å². The molecule has 0 saturated carbocycles. The van der Waals surface area contributed by atoms with Crippen LogP contribution in [0.5, 0.6) is 0 Å². The number of nitrogens with zero attached hydrogens (tertiary/aromatic N) is 3. The van der Waals surface area contributed by atoms with Crippen LogP contribution in [0.25, 0.3) is 6.08 Å². The molecule has 4 nitrogen and oxygen atoms in total. The molecule has 0 atom stereocenters. The van der Waals surface area contributed by atoms with E-state index < -0.39 is 0 Å². The van der Waals surface area contributed by atoms with Crippen LogP contribution in [-0.4, -0.2) is 20.5 Å². The number of pyridine rings is 1. The summed E-state index contributed by atoms with van der Waals surface area (Å²) in [5.74, 6) is -0.0493. The molecule has 0 aliphatic heterocycles. The molecule has 0 amide bonds. The molecule has 2 heterocycles. The molecule has 0 saturated heterocycles. The van der Waals surface area contributed by atoms with Gasteiger partial charge in [0.05, 0.1) is 5.69 Å². The fraction of sp³-hybridized carbons (Fsp3) is 0.214. The van der Waals surface area contributed by atoms with E-state index in [1.54, 1.807) is 36.7 Å². The van der Waals surface area contributed by atoms with Crippen LogP contribution in [-0.2, 0) is 6.54 Å². The van der Waals surface area contributed by atoms with Crippen LogP contribution < -0.4 is 0 Å². The Morgan fingerprint density at radius 2 is 2.33 bits per heavy atom. The predicted molar refractivity (Wildman–Crippen MR) is 70.2 cm³/mol. The smallest absolute Gasteiger partial charge is 0.187 e. The molecule has 0 N–H and O–H groups in total. The van der Waals surface area contributed by atoms with Crippen molar-refractivity contribution in [1.29, 1.82) is 0 Å². The SMILES string of the molecule is CCn1cc(/C=C/C(=O)c2cccnc2)c(C)n1. The summed E-state index contributed by atoms with van der Waals surface area (Å²) in [6.07, 6.45) is 8.50. The molecule has 2 rings (SSSR count). The van der Waals surface area contributed by atoms with Gasteiger partial charge in [-0.25, -0.2) is 0 Å². The minimum absolute atomic E-state index is 0.0493. The quantitative estimate of drug-likeness (QED) is 0.610. The zero-order chi connectivity index (χ0) is 13.0. The van der Waals surface area contributed by atoms with E-state index in [9.17, 15) is 4.79 Å². The monoisotopic (exact) mass is 241 g/mol. The average Bonchev–Trinajstić information content (AvgIpc) is 2.77. The lowest BCUT2D eigenvalue weighted by Gasteiger charge is -1.93. The maximum atomic E-state index is 11.9. The summed E-state index contributed by atoms with van der Waals surface area (Å²) in [6.45, 7) is 4.78. The number of ketones is 1.